The van der Waals surface area contributed by atoms with Crippen LogP contribution in [-0.2, 0) is 0 Å². The topological polar surface area (TPSA) is 61.3 Å². The van der Waals surface area contributed by atoms with Crippen molar-refractivity contribution in [2.45, 2.75) is 6.92 Å². The molecular formula is C19H16N2O3. The highest BCUT2D eigenvalue weighted by Gasteiger charge is 2.10. The Balaban J connectivity index is 1.73. The summed E-state index contributed by atoms with van der Waals surface area (Å²) in [4.78, 5) is 12.1. The number of nitrogens with zero attached hydrogens (tertiary/aromatic N) is 2. The molecule has 5 nitrogen and oxygen atoms in total. The summed E-state index contributed by atoms with van der Waals surface area (Å²) in [6.07, 6.45) is 0. The maximum atomic E-state index is 12.1. The van der Waals surface area contributed by atoms with Gasteiger partial charge in [0.05, 0.1) is 18.4 Å². The lowest BCUT2D eigenvalue weighted by Gasteiger charge is -2.05. The summed E-state index contributed by atoms with van der Waals surface area (Å²) in [5.74, 6) is 0.486. The van der Waals surface area contributed by atoms with Gasteiger partial charge in [0.2, 0.25) is 5.88 Å². The first-order valence-corrected chi connectivity index (χ1v) is 7.43. The average Bonchev–Trinajstić information content (AvgIpc) is 2.62. The number of rotatable bonds is 4. The second-order valence-corrected chi connectivity index (χ2v) is 5.24. The number of aryl methyl sites for hydroxylation is 1. The zero-order valence-corrected chi connectivity index (χ0v) is 13.4. The van der Waals surface area contributed by atoms with Crippen LogP contribution in [0.2, 0.25) is 0 Å². The first kappa shape index (κ1) is 15.7. The van der Waals surface area contributed by atoms with E-state index in [1.54, 1.807) is 31.4 Å². The minimum Gasteiger partial charge on any atom is -0.497 e. The van der Waals surface area contributed by atoms with Gasteiger partial charge in [0.1, 0.15) is 5.75 Å². The lowest BCUT2D eigenvalue weighted by atomic mass is 10.1. The number of esters is 1. The Kier molecular flexibility index (Phi) is 4.52. The van der Waals surface area contributed by atoms with Crippen LogP contribution >= 0.6 is 0 Å². The highest BCUT2D eigenvalue weighted by Crippen LogP contribution is 2.21. The van der Waals surface area contributed by atoms with Crippen molar-refractivity contribution in [2.75, 3.05) is 7.11 Å². The first-order valence-electron chi connectivity index (χ1n) is 7.43. The summed E-state index contributed by atoms with van der Waals surface area (Å²) in [7, 11) is 1.62. The van der Waals surface area contributed by atoms with Crippen molar-refractivity contribution in [1.29, 1.82) is 0 Å². The van der Waals surface area contributed by atoms with E-state index in [2.05, 4.69) is 10.2 Å². The molecule has 24 heavy (non-hydrogen) atoms. The fraction of sp³-hybridized carbons (Fsp3) is 0.105. The van der Waals surface area contributed by atoms with Gasteiger partial charge in [-0.1, -0.05) is 17.7 Å². The van der Waals surface area contributed by atoms with Crippen LogP contribution in [0.1, 0.15) is 15.9 Å². The largest absolute Gasteiger partial charge is 0.497 e. The molecule has 0 saturated carbocycles. The van der Waals surface area contributed by atoms with E-state index >= 15 is 0 Å². The van der Waals surface area contributed by atoms with Gasteiger partial charge in [0.15, 0.2) is 0 Å². The average molecular weight is 320 g/mol. The van der Waals surface area contributed by atoms with E-state index in [1.807, 2.05) is 43.3 Å². The molecule has 0 aliphatic carbocycles. The summed E-state index contributed by atoms with van der Waals surface area (Å²) < 4.78 is 10.4. The van der Waals surface area contributed by atoms with Crippen LogP contribution in [0.3, 0.4) is 0 Å². The smallest absolute Gasteiger partial charge is 0.344 e. The zero-order chi connectivity index (χ0) is 16.9. The minimum atomic E-state index is -0.454. The highest BCUT2D eigenvalue weighted by molar-refractivity contribution is 5.91. The first-order chi connectivity index (χ1) is 11.7. The van der Waals surface area contributed by atoms with Gasteiger partial charge < -0.3 is 9.47 Å². The molecule has 0 saturated heterocycles. The molecule has 3 aromatic rings. The third-order valence-electron chi connectivity index (χ3n) is 3.48. The summed E-state index contributed by atoms with van der Waals surface area (Å²) in [6.45, 7) is 1.92. The number of methoxy groups -OCH3 is 1. The van der Waals surface area contributed by atoms with Crippen molar-refractivity contribution >= 4 is 5.97 Å². The number of ether oxygens (including phenoxy) is 2. The van der Waals surface area contributed by atoms with Crippen molar-refractivity contribution in [2.24, 2.45) is 0 Å². The SMILES string of the molecule is COc1ccc(-c2ccc(OC(=O)c3cccc(C)c3)nn2)cc1. The van der Waals surface area contributed by atoms with Crippen LogP contribution in [-0.4, -0.2) is 23.3 Å². The van der Waals surface area contributed by atoms with Crippen molar-refractivity contribution < 1.29 is 14.3 Å². The molecule has 3 rings (SSSR count). The van der Waals surface area contributed by atoms with Crippen LogP contribution in [0.4, 0.5) is 0 Å². The van der Waals surface area contributed by atoms with Gasteiger partial charge >= 0.3 is 5.97 Å². The van der Waals surface area contributed by atoms with Crippen LogP contribution in [0, 0.1) is 6.92 Å². The number of aromatic nitrogens is 2. The van der Waals surface area contributed by atoms with Crippen LogP contribution in [0.5, 0.6) is 11.6 Å². The number of hydrogen-bond acceptors (Lipinski definition) is 5. The number of benzene rings is 2. The van der Waals surface area contributed by atoms with Gasteiger partial charge in [-0.05, 0) is 49.4 Å². The Bertz CT molecular complexity index is 843. The van der Waals surface area contributed by atoms with Crippen LogP contribution in [0.15, 0.2) is 60.7 Å². The Morgan fingerprint density at radius 3 is 2.38 bits per heavy atom. The molecule has 0 atom stereocenters. The minimum absolute atomic E-state index is 0.166. The van der Waals surface area contributed by atoms with Gasteiger partial charge in [-0.15, -0.1) is 10.2 Å². The standard InChI is InChI=1S/C19H16N2O3/c1-13-4-3-5-15(12-13)19(22)24-18-11-10-17(20-21-18)14-6-8-16(23-2)9-7-14/h3-12H,1-2H3. The molecule has 0 radical (unpaired) electrons. The quantitative estimate of drug-likeness (QED) is 0.686. The number of hydrogen-bond donors (Lipinski definition) is 0. The predicted octanol–water partition coefficient (Wildman–Crippen LogP) is 3.68. The predicted molar refractivity (Wildman–Crippen MR) is 90.2 cm³/mol. The Morgan fingerprint density at radius 2 is 1.75 bits per heavy atom. The van der Waals surface area contributed by atoms with E-state index in [-0.39, 0.29) is 5.88 Å². The molecule has 0 unspecified atom stereocenters. The molecule has 5 heteroatoms. The Labute approximate surface area is 139 Å². The third kappa shape index (κ3) is 3.57. The molecule has 0 spiro atoms. The van der Waals surface area contributed by atoms with E-state index in [1.165, 1.54) is 0 Å². The molecule has 0 amide bonds. The van der Waals surface area contributed by atoms with E-state index in [9.17, 15) is 4.79 Å². The van der Waals surface area contributed by atoms with Gasteiger partial charge in [-0.3, -0.25) is 0 Å². The molecule has 2 aromatic carbocycles. The molecular weight excluding hydrogens is 304 g/mol. The van der Waals surface area contributed by atoms with Gasteiger partial charge in [0.25, 0.3) is 0 Å². The van der Waals surface area contributed by atoms with Gasteiger partial charge in [0, 0.05) is 11.6 Å². The van der Waals surface area contributed by atoms with Gasteiger partial charge in [-0.25, -0.2) is 4.79 Å². The fourth-order valence-electron chi connectivity index (χ4n) is 2.22. The zero-order valence-electron chi connectivity index (χ0n) is 13.4. The molecule has 0 bridgehead atoms. The molecule has 0 fully saturated rings. The summed E-state index contributed by atoms with van der Waals surface area (Å²) in [5.41, 5.74) is 3.06. The Hall–Kier alpha value is -3.21. The molecule has 0 aliphatic rings. The Morgan fingerprint density at radius 1 is 0.958 bits per heavy atom. The van der Waals surface area contributed by atoms with Crippen molar-refractivity contribution in [3.05, 3.63) is 71.8 Å². The molecule has 1 heterocycles. The lowest BCUT2D eigenvalue weighted by Crippen LogP contribution is -2.10. The third-order valence-corrected chi connectivity index (χ3v) is 3.48. The van der Waals surface area contributed by atoms with Crippen molar-refractivity contribution in [3.63, 3.8) is 0 Å². The fourth-order valence-corrected chi connectivity index (χ4v) is 2.22. The highest BCUT2D eigenvalue weighted by atomic mass is 16.5. The van der Waals surface area contributed by atoms with Crippen molar-refractivity contribution in [3.8, 4) is 22.9 Å². The van der Waals surface area contributed by atoms with Gasteiger partial charge in [-0.2, -0.15) is 0 Å². The summed E-state index contributed by atoms with van der Waals surface area (Å²) in [5, 5.41) is 8.06. The van der Waals surface area contributed by atoms with Crippen LogP contribution < -0.4 is 9.47 Å². The van der Waals surface area contributed by atoms with Crippen LogP contribution in [0.25, 0.3) is 11.3 Å². The maximum absolute atomic E-state index is 12.1. The molecule has 0 aliphatic heterocycles. The number of carbonyl (C=O) groups excluding carboxylic acids is 1. The summed E-state index contributed by atoms with van der Waals surface area (Å²) >= 11 is 0. The van der Waals surface area contributed by atoms with E-state index in [4.69, 9.17) is 9.47 Å². The molecule has 120 valence electrons. The lowest BCUT2D eigenvalue weighted by molar-refractivity contribution is 0.0725. The summed E-state index contributed by atoms with van der Waals surface area (Å²) in [6, 6.07) is 18.1. The maximum Gasteiger partial charge on any atom is 0.344 e. The second-order valence-electron chi connectivity index (χ2n) is 5.24. The van der Waals surface area contributed by atoms with E-state index in [0.29, 0.717) is 11.3 Å². The van der Waals surface area contributed by atoms with E-state index in [0.717, 1.165) is 16.9 Å². The number of carbonyl (C=O) groups is 1. The monoisotopic (exact) mass is 320 g/mol. The normalized spacial score (nSPS) is 10.2. The van der Waals surface area contributed by atoms with Crippen molar-refractivity contribution in [1.82, 2.24) is 10.2 Å². The molecule has 0 N–H and O–H groups in total. The molecule has 1 aromatic heterocycles. The second kappa shape index (κ2) is 6.91. The van der Waals surface area contributed by atoms with E-state index < -0.39 is 5.97 Å².